The van der Waals surface area contributed by atoms with Gasteiger partial charge in [0, 0.05) is 29.7 Å². The largest absolute Gasteiger partial charge is 0.451 e. The number of thiazole rings is 1. The first-order chi connectivity index (χ1) is 14.9. The normalized spacial score (nSPS) is 28.4. The molecule has 0 aliphatic heterocycles. The molecule has 0 spiro atoms. The SMILES string of the molecule is Cn1cc(-c2nc(C(=O)OCC(=O)NC(=O)NC34CC5CC(CC(C5)C3)C4)cs2)cn1. The summed E-state index contributed by atoms with van der Waals surface area (Å²) < 4.78 is 6.68. The van der Waals surface area contributed by atoms with Crippen LogP contribution in [0.15, 0.2) is 17.8 Å². The fourth-order valence-corrected chi connectivity index (χ4v) is 6.70. The maximum absolute atomic E-state index is 12.4. The first-order valence-electron chi connectivity index (χ1n) is 10.6. The number of rotatable bonds is 5. The average Bonchev–Trinajstić information content (AvgIpc) is 3.33. The van der Waals surface area contributed by atoms with Crippen LogP contribution in [0.2, 0.25) is 0 Å². The number of hydrogen-bond donors (Lipinski definition) is 2. The topological polar surface area (TPSA) is 115 Å². The molecule has 0 radical (unpaired) electrons. The Kier molecular flexibility index (Phi) is 5.04. The van der Waals surface area contributed by atoms with Gasteiger partial charge >= 0.3 is 12.0 Å². The molecule has 4 fully saturated rings. The van der Waals surface area contributed by atoms with Crippen molar-refractivity contribution < 1.29 is 19.1 Å². The van der Waals surface area contributed by atoms with E-state index in [-0.39, 0.29) is 11.2 Å². The van der Waals surface area contributed by atoms with Crippen molar-refractivity contribution in [2.45, 2.75) is 44.1 Å². The van der Waals surface area contributed by atoms with E-state index in [0.717, 1.165) is 24.8 Å². The Morgan fingerprint density at radius 2 is 1.87 bits per heavy atom. The minimum absolute atomic E-state index is 0.120. The molecule has 0 aromatic carbocycles. The van der Waals surface area contributed by atoms with Crippen LogP contribution in [0.25, 0.3) is 10.6 Å². The number of aromatic nitrogens is 3. The summed E-state index contributed by atoms with van der Waals surface area (Å²) in [7, 11) is 1.80. The second-order valence-corrected chi connectivity index (χ2v) is 10.1. The van der Waals surface area contributed by atoms with Gasteiger partial charge in [-0.1, -0.05) is 0 Å². The van der Waals surface area contributed by atoms with Gasteiger partial charge in [-0.2, -0.15) is 5.10 Å². The Morgan fingerprint density at radius 1 is 1.19 bits per heavy atom. The first-order valence-corrected chi connectivity index (χ1v) is 11.5. The van der Waals surface area contributed by atoms with Gasteiger partial charge in [0.2, 0.25) is 0 Å². The molecule has 10 heteroatoms. The third-order valence-corrected chi connectivity index (χ3v) is 7.56. The van der Waals surface area contributed by atoms with E-state index in [1.54, 1.807) is 29.5 Å². The Balaban J connectivity index is 1.11. The Hall–Kier alpha value is -2.75. The van der Waals surface area contributed by atoms with Crippen molar-refractivity contribution in [3.63, 3.8) is 0 Å². The molecule has 2 aromatic rings. The minimum atomic E-state index is -0.706. The smallest absolute Gasteiger partial charge is 0.358 e. The van der Waals surface area contributed by atoms with E-state index in [1.807, 2.05) is 0 Å². The summed E-state index contributed by atoms with van der Waals surface area (Å²) in [6, 6.07) is -0.504. The molecule has 3 amide bonds. The van der Waals surface area contributed by atoms with Crippen molar-refractivity contribution in [1.82, 2.24) is 25.4 Å². The molecule has 0 saturated heterocycles. The van der Waals surface area contributed by atoms with Crippen LogP contribution in [0.3, 0.4) is 0 Å². The summed E-state index contributed by atoms with van der Waals surface area (Å²) in [5.74, 6) is 0.718. The highest BCUT2D eigenvalue weighted by Gasteiger charge is 2.51. The van der Waals surface area contributed by atoms with Gasteiger partial charge in [-0.05, 0) is 56.3 Å². The fourth-order valence-electron chi connectivity index (χ4n) is 5.94. The number of nitrogens with one attached hydrogen (secondary N) is 2. The molecule has 4 aliphatic carbocycles. The van der Waals surface area contributed by atoms with Crippen LogP contribution in [0.5, 0.6) is 0 Å². The average molecular weight is 444 g/mol. The first kappa shape index (κ1) is 20.2. The predicted octanol–water partition coefficient (Wildman–Crippen LogP) is 2.50. The standard InChI is InChI=1S/C21H25N5O4S/c1-26-9-15(8-22-26)18-23-16(11-31-18)19(28)30-10-17(27)24-20(29)25-21-5-12-2-13(6-21)4-14(3-12)7-21/h8-9,11-14H,2-7,10H2,1H3,(H2,24,25,27,29). The number of urea groups is 1. The van der Waals surface area contributed by atoms with E-state index < -0.39 is 24.5 Å². The zero-order valence-corrected chi connectivity index (χ0v) is 18.1. The van der Waals surface area contributed by atoms with E-state index in [4.69, 9.17) is 4.74 Å². The number of esters is 1. The van der Waals surface area contributed by atoms with Gasteiger partial charge in [0.05, 0.1) is 6.20 Å². The van der Waals surface area contributed by atoms with Gasteiger partial charge in [0.1, 0.15) is 5.01 Å². The molecule has 2 heterocycles. The van der Waals surface area contributed by atoms with E-state index >= 15 is 0 Å². The summed E-state index contributed by atoms with van der Waals surface area (Å²) in [5, 5.41) is 11.7. The maximum Gasteiger partial charge on any atom is 0.358 e. The molecular weight excluding hydrogens is 418 g/mol. The highest BCUT2D eigenvalue weighted by atomic mass is 32.1. The number of aryl methyl sites for hydroxylation is 1. The van der Waals surface area contributed by atoms with Crippen molar-refractivity contribution in [3.8, 4) is 10.6 Å². The highest BCUT2D eigenvalue weighted by Crippen LogP contribution is 2.55. The second-order valence-electron chi connectivity index (χ2n) is 9.22. The maximum atomic E-state index is 12.4. The zero-order chi connectivity index (χ0) is 21.6. The van der Waals surface area contributed by atoms with Gasteiger partial charge in [-0.25, -0.2) is 14.6 Å². The lowest BCUT2D eigenvalue weighted by atomic mass is 9.53. The highest BCUT2D eigenvalue weighted by molar-refractivity contribution is 7.13. The Bertz CT molecular complexity index is 993. The van der Waals surface area contributed by atoms with E-state index in [0.29, 0.717) is 22.8 Å². The predicted molar refractivity (Wildman–Crippen MR) is 112 cm³/mol. The third-order valence-electron chi connectivity index (χ3n) is 6.67. The summed E-state index contributed by atoms with van der Waals surface area (Å²) in [4.78, 5) is 41.0. The number of carbonyl (C=O) groups excluding carboxylic acids is 3. The van der Waals surface area contributed by atoms with Crippen LogP contribution in [0.1, 0.15) is 49.0 Å². The number of nitrogens with zero attached hydrogens (tertiary/aromatic N) is 3. The molecule has 4 saturated carbocycles. The number of carbonyl (C=O) groups is 3. The summed E-state index contributed by atoms with van der Waals surface area (Å²) >= 11 is 1.29. The number of amides is 3. The van der Waals surface area contributed by atoms with Crippen molar-refractivity contribution in [1.29, 1.82) is 0 Å². The van der Waals surface area contributed by atoms with Crippen LogP contribution >= 0.6 is 11.3 Å². The summed E-state index contributed by atoms with van der Waals surface area (Å²) in [6.45, 7) is -0.535. The number of ether oxygens (including phenoxy) is 1. The van der Waals surface area contributed by atoms with E-state index in [9.17, 15) is 14.4 Å². The van der Waals surface area contributed by atoms with Crippen molar-refractivity contribution in [2.24, 2.45) is 24.8 Å². The third kappa shape index (κ3) is 4.21. The summed E-state index contributed by atoms with van der Waals surface area (Å²) in [6.07, 6.45) is 10.3. The van der Waals surface area contributed by atoms with Gasteiger partial charge in [-0.3, -0.25) is 14.8 Å². The molecule has 0 atom stereocenters. The van der Waals surface area contributed by atoms with Gasteiger partial charge in [0.25, 0.3) is 5.91 Å². The molecule has 6 rings (SSSR count). The molecule has 31 heavy (non-hydrogen) atoms. The molecule has 2 N–H and O–H groups in total. The molecule has 0 unspecified atom stereocenters. The van der Waals surface area contributed by atoms with Crippen LogP contribution < -0.4 is 10.6 Å². The summed E-state index contributed by atoms with van der Waals surface area (Å²) in [5.41, 5.74) is 0.735. The van der Waals surface area contributed by atoms with Crippen LogP contribution in [-0.4, -0.2) is 44.8 Å². The van der Waals surface area contributed by atoms with Crippen molar-refractivity contribution in [3.05, 3.63) is 23.5 Å². The van der Waals surface area contributed by atoms with Crippen LogP contribution in [-0.2, 0) is 16.6 Å². The van der Waals surface area contributed by atoms with E-state index in [2.05, 4.69) is 20.7 Å². The van der Waals surface area contributed by atoms with Gasteiger partial charge in [-0.15, -0.1) is 11.3 Å². The van der Waals surface area contributed by atoms with E-state index in [1.165, 1.54) is 30.6 Å². The molecule has 4 bridgehead atoms. The zero-order valence-electron chi connectivity index (χ0n) is 17.3. The van der Waals surface area contributed by atoms with Crippen molar-refractivity contribution >= 4 is 29.2 Å². The molecular formula is C21H25N5O4S. The fraction of sp³-hybridized carbons (Fsp3) is 0.571. The quantitative estimate of drug-likeness (QED) is 0.686. The number of imide groups is 1. The lowest BCUT2D eigenvalue weighted by Gasteiger charge is -2.56. The van der Waals surface area contributed by atoms with Gasteiger partial charge < -0.3 is 10.1 Å². The molecule has 9 nitrogen and oxygen atoms in total. The lowest BCUT2D eigenvalue weighted by Crippen LogP contribution is -2.62. The van der Waals surface area contributed by atoms with Crippen molar-refractivity contribution in [2.75, 3.05) is 6.61 Å². The molecule has 4 aliphatic rings. The lowest BCUT2D eigenvalue weighted by molar-refractivity contribution is -0.123. The van der Waals surface area contributed by atoms with Crippen LogP contribution in [0.4, 0.5) is 4.79 Å². The number of hydrogen-bond acceptors (Lipinski definition) is 7. The molecule has 2 aromatic heterocycles. The van der Waals surface area contributed by atoms with Gasteiger partial charge in [0.15, 0.2) is 12.3 Å². The second kappa shape index (κ2) is 7.74. The monoisotopic (exact) mass is 443 g/mol. The minimum Gasteiger partial charge on any atom is -0.451 e. The Labute approximate surface area is 183 Å². The molecule has 164 valence electrons. The van der Waals surface area contributed by atoms with Crippen LogP contribution in [0, 0.1) is 17.8 Å². The Morgan fingerprint density at radius 3 is 2.48 bits per heavy atom.